The number of nitrogens with one attached hydrogen (secondary N) is 2. The number of methoxy groups -OCH3 is 1. The smallest absolute Gasteiger partial charge is 0.322 e. The van der Waals surface area contributed by atoms with E-state index in [9.17, 15) is 9.59 Å². The van der Waals surface area contributed by atoms with Gasteiger partial charge in [-0.05, 0) is 63.7 Å². The predicted octanol–water partition coefficient (Wildman–Crippen LogP) is 4.72. The second-order valence-electron chi connectivity index (χ2n) is 8.02. The Morgan fingerprint density at radius 1 is 1.18 bits per heavy atom. The number of halogens is 1. The van der Waals surface area contributed by atoms with Crippen molar-refractivity contribution in [1.82, 2.24) is 20.1 Å². The van der Waals surface area contributed by atoms with Crippen molar-refractivity contribution in [3.63, 3.8) is 0 Å². The van der Waals surface area contributed by atoms with Crippen molar-refractivity contribution in [2.75, 3.05) is 45.2 Å². The number of aromatic nitrogens is 1. The number of anilines is 1. The average molecular weight is 510 g/mol. The van der Waals surface area contributed by atoms with E-state index in [2.05, 4.69) is 34.4 Å². The average Bonchev–Trinajstić information content (AvgIpc) is 3.29. The molecule has 0 radical (unpaired) electrons. The summed E-state index contributed by atoms with van der Waals surface area (Å²) in [6.07, 6.45) is 1.94. The van der Waals surface area contributed by atoms with Crippen molar-refractivity contribution in [2.24, 2.45) is 0 Å². The standard InChI is InChI=1S/C24H36ClN5O3S/c1-5-29(6-2)13-7-8-18(3)26-23(31)21-17-34-22(28-21)16-30(14-15-33-4)24(32)27-20-11-9-19(25)10-12-20/h9-12,17-18H,5-8,13-16H2,1-4H3,(H,26,31)(H,27,32). The minimum atomic E-state index is -0.276. The van der Waals surface area contributed by atoms with Gasteiger partial charge in [0.2, 0.25) is 0 Å². The Kier molecular flexibility index (Phi) is 12.3. The van der Waals surface area contributed by atoms with Crippen LogP contribution in [0.2, 0.25) is 5.02 Å². The van der Waals surface area contributed by atoms with Crippen LogP contribution >= 0.6 is 22.9 Å². The number of carbonyl (C=O) groups is 2. The zero-order chi connectivity index (χ0) is 24.9. The molecule has 0 bridgehead atoms. The van der Waals surface area contributed by atoms with Crippen molar-refractivity contribution >= 4 is 40.6 Å². The van der Waals surface area contributed by atoms with Gasteiger partial charge in [-0.1, -0.05) is 25.4 Å². The summed E-state index contributed by atoms with van der Waals surface area (Å²) in [7, 11) is 1.59. The van der Waals surface area contributed by atoms with E-state index in [1.807, 2.05) is 6.92 Å². The molecule has 2 rings (SSSR count). The van der Waals surface area contributed by atoms with Crippen LogP contribution in [0.3, 0.4) is 0 Å². The third-order valence-corrected chi connectivity index (χ3v) is 6.53. The molecule has 0 saturated heterocycles. The van der Waals surface area contributed by atoms with Crippen molar-refractivity contribution in [1.29, 1.82) is 0 Å². The van der Waals surface area contributed by atoms with Crippen LogP contribution in [0.15, 0.2) is 29.6 Å². The second kappa shape index (κ2) is 14.9. The number of urea groups is 1. The number of nitrogens with zero attached hydrogens (tertiary/aromatic N) is 3. The minimum Gasteiger partial charge on any atom is -0.383 e. The van der Waals surface area contributed by atoms with E-state index in [4.69, 9.17) is 16.3 Å². The van der Waals surface area contributed by atoms with Crippen molar-refractivity contribution in [3.05, 3.63) is 45.4 Å². The van der Waals surface area contributed by atoms with Gasteiger partial charge in [-0.15, -0.1) is 11.3 Å². The molecule has 0 aliphatic heterocycles. The zero-order valence-electron chi connectivity index (χ0n) is 20.5. The van der Waals surface area contributed by atoms with Gasteiger partial charge in [0.25, 0.3) is 5.91 Å². The van der Waals surface area contributed by atoms with Crippen LogP contribution in [0.4, 0.5) is 10.5 Å². The Labute approximate surface area is 211 Å². The molecule has 188 valence electrons. The Hall–Kier alpha value is -2.20. The molecular weight excluding hydrogens is 474 g/mol. The van der Waals surface area contributed by atoms with Crippen molar-refractivity contribution < 1.29 is 14.3 Å². The molecule has 0 aliphatic rings. The molecule has 1 aromatic carbocycles. The molecule has 0 saturated carbocycles. The van der Waals surface area contributed by atoms with Gasteiger partial charge in [0.1, 0.15) is 10.7 Å². The van der Waals surface area contributed by atoms with E-state index < -0.39 is 0 Å². The lowest BCUT2D eigenvalue weighted by atomic mass is 10.1. The van der Waals surface area contributed by atoms with Crippen LogP contribution in [0.25, 0.3) is 0 Å². The molecule has 0 fully saturated rings. The normalized spacial score (nSPS) is 11.9. The van der Waals surface area contributed by atoms with Crippen LogP contribution in [0.5, 0.6) is 0 Å². The van der Waals surface area contributed by atoms with Crippen LogP contribution in [-0.2, 0) is 11.3 Å². The minimum absolute atomic E-state index is 0.0663. The number of amides is 3. The maximum atomic E-state index is 12.8. The Morgan fingerprint density at radius 2 is 1.88 bits per heavy atom. The number of hydrogen-bond donors (Lipinski definition) is 2. The summed E-state index contributed by atoms with van der Waals surface area (Å²) >= 11 is 7.28. The summed E-state index contributed by atoms with van der Waals surface area (Å²) in [5, 5.41) is 8.90. The molecule has 1 aromatic heterocycles. The first-order chi connectivity index (χ1) is 16.4. The third-order valence-electron chi connectivity index (χ3n) is 5.44. The highest BCUT2D eigenvalue weighted by molar-refractivity contribution is 7.09. The first-order valence-electron chi connectivity index (χ1n) is 11.6. The number of ether oxygens (including phenoxy) is 1. The monoisotopic (exact) mass is 509 g/mol. The van der Waals surface area contributed by atoms with Gasteiger partial charge >= 0.3 is 6.03 Å². The number of benzene rings is 1. The highest BCUT2D eigenvalue weighted by atomic mass is 35.5. The van der Waals surface area contributed by atoms with E-state index in [0.29, 0.717) is 34.6 Å². The molecule has 34 heavy (non-hydrogen) atoms. The summed E-state index contributed by atoms with van der Waals surface area (Å²) in [6, 6.07) is 6.70. The first-order valence-corrected chi connectivity index (χ1v) is 12.9. The number of rotatable bonds is 14. The van der Waals surface area contributed by atoms with E-state index in [1.165, 1.54) is 11.3 Å². The summed E-state index contributed by atoms with van der Waals surface area (Å²) in [6.45, 7) is 10.5. The number of thiazole rings is 1. The Balaban J connectivity index is 1.91. The third kappa shape index (κ3) is 9.58. The fourth-order valence-electron chi connectivity index (χ4n) is 3.37. The SMILES string of the molecule is CCN(CC)CCCC(C)NC(=O)c1csc(CN(CCOC)C(=O)Nc2ccc(Cl)cc2)n1. The molecule has 2 aromatic rings. The molecule has 10 heteroatoms. The molecule has 0 spiro atoms. The second-order valence-corrected chi connectivity index (χ2v) is 9.40. The van der Waals surface area contributed by atoms with Crippen LogP contribution < -0.4 is 10.6 Å². The largest absolute Gasteiger partial charge is 0.383 e. The van der Waals surface area contributed by atoms with Gasteiger partial charge < -0.3 is 25.2 Å². The first kappa shape index (κ1) is 28.0. The van der Waals surface area contributed by atoms with Gasteiger partial charge in [0.05, 0.1) is 13.2 Å². The molecule has 1 heterocycles. The van der Waals surface area contributed by atoms with E-state index in [-0.39, 0.29) is 24.5 Å². The molecule has 1 atom stereocenters. The van der Waals surface area contributed by atoms with E-state index >= 15 is 0 Å². The lowest BCUT2D eigenvalue weighted by Crippen LogP contribution is -2.37. The summed E-state index contributed by atoms with van der Waals surface area (Å²) in [4.78, 5) is 33.9. The van der Waals surface area contributed by atoms with Gasteiger partial charge in [-0.3, -0.25) is 4.79 Å². The maximum absolute atomic E-state index is 12.8. The zero-order valence-corrected chi connectivity index (χ0v) is 22.0. The molecule has 0 aliphatic carbocycles. The fourth-order valence-corrected chi connectivity index (χ4v) is 4.29. The van der Waals surface area contributed by atoms with Gasteiger partial charge in [-0.2, -0.15) is 0 Å². The maximum Gasteiger partial charge on any atom is 0.322 e. The number of hydrogen-bond acceptors (Lipinski definition) is 6. The van der Waals surface area contributed by atoms with Gasteiger partial charge in [-0.25, -0.2) is 9.78 Å². The number of carbonyl (C=O) groups excluding carboxylic acids is 2. The topological polar surface area (TPSA) is 86.8 Å². The van der Waals surface area contributed by atoms with Gasteiger partial charge in [0, 0.05) is 35.8 Å². The summed E-state index contributed by atoms with van der Waals surface area (Å²) in [5.74, 6) is -0.188. The summed E-state index contributed by atoms with van der Waals surface area (Å²) in [5.41, 5.74) is 1.02. The molecule has 1 unspecified atom stereocenters. The van der Waals surface area contributed by atoms with Gasteiger partial charge in [0.15, 0.2) is 0 Å². The highest BCUT2D eigenvalue weighted by Gasteiger charge is 2.18. The van der Waals surface area contributed by atoms with Crippen LogP contribution in [0.1, 0.15) is 49.1 Å². The fraction of sp³-hybridized carbons (Fsp3) is 0.542. The Morgan fingerprint density at radius 3 is 2.53 bits per heavy atom. The Bertz CT molecular complexity index is 889. The molecule has 2 N–H and O–H groups in total. The van der Waals surface area contributed by atoms with Crippen molar-refractivity contribution in [3.8, 4) is 0 Å². The lowest BCUT2D eigenvalue weighted by molar-refractivity contribution is 0.0932. The lowest BCUT2D eigenvalue weighted by Gasteiger charge is -2.22. The van der Waals surface area contributed by atoms with Crippen LogP contribution in [-0.4, -0.2) is 72.7 Å². The molecule has 8 nitrogen and oxygen atoms in total. The van der Waals surface area contributed by atoms with E-state index in [0.717, 1.165) is 32.5 Å². The quantitative estimate of drug-likeness (QED) is 0.385. The highest BCUT2D eigenvalue weighted by Crippen LogP contribution is 2.16. The predicted molar refractivity (Wildman–Crippen MR) is 139 cm³/mol. The molecular formula is C24H36ClN5O3S. The van der Waals surface area contributed by atoms with Crippen LogP contribution in [0, 0.1) is 0 Å². The molecule has 3 amide bonds. The van der Waals surface area contributed by atoms with E-state index in [1.54, 1.807) is 41.7 Å². The summed E-state index contributed by atoms with van der Waals surface area (Å²) < 4.78 is 5.15. The van der Waals surface area contributed by atoms with Crippen molar-refractivity contribution in [2.45, 2.75) is 46.2 Å².